The van der Waals surface area contributed by atoms with Crippen LogP contribution in [-0.2, 0) is 0 Å². The minimum atomic E-state index is 0.432. The molecule has 1 aromatic heterocycles. The highest BCUT2D eigenvalue weighted by molar-refractivity contribution is 5.34. The van der Waals surface area contributed by atoms with Crippen molar-refractivity contribution in [2.75, 3.05) is 5.73 Å². The number of aromatic nitrogens is 3. The van der Waals surface area contributed by atoms with Crippen LogP contribution in [0.2, 0.25) is 0 Å². The van der Waals surface area contributed by atoms with Crippen LogP contribution in [0.25, 0.3) is 5.69 Å². The normalized spacial score (nSPS) is 10.2. The van der Waals surface area contributed by atoms with Crippen LogP contribution in [0.3, 0.4) is 0 Å². The van der Waals surface area contributed by atoms with Gasteiger partial charge >= 0.3 is 0 Å². The fourth-order valence-corrected chi connectivity index (χ4v) is 1.15. The third-order valence-corrected chi connectivity index (χ3v) is 1.74. The summed E-state index contributed by atoms with van der Waals surface area (Å²) >= 11 is 0. The number of hydrogen-bond acceptors (Lipinski definition) is 3. The summed E-state index contributed by atoms with van der Waals surface area (Å²) in [6.07, 6.45) is 1.53. The molecule has 0 saturated heterocycles. The van der Waals surface area contributed by atoms with Crippen LogP contribution in [0.5, 0.6) is 0 Å². The second-order valence-corrected chi connectivity index (χ2v) is 2.90. The summed E-state index contributed by atoms with van der Waals surface area (Å²) in [4.78, 5) is 1.52. The van der Waals surface area contributed by atoms with E-state index < -0.39 is 0 Å². The molecule has 1 heterocycles. The molecular weight excluding hydrogens is 164 g/mol. The van der Waals surface area contributed by atoms with Crippen molar-refractivity contribution < 1.29 is 0 Å². The smallest absolute Gasteiger partial charge is 0.166 e. The maximum Gasteiger partial charge on any atom is 0.166 e. The van der Waals surface area contributed by atoms with Crippen molar-refractivity contribution in [3.8, 4) is 5.69 Å². The van der Waals surface area contributed by atoms with Gasteiger partial charge in [-0.3, -0.25) is 0 Å². The molecule has 0 bridgehead atoms. The van der Waals surface area contributed by atoms with Crippen molar-refractivity contribution in [1.82, 2.24) is 15.0 Å². The van der Waals surface area contributed by atoms with Crippen LogP contribution in [-0.4, -0.2) is 15.0 Å². The molecule has 0 aliphatic heterocycles. The first-order valence-electron chi connectivity index (χ1n) is 4.00. The highest BCUT2D eigenvalue weighted by atomic mass is 15.5. The predicted molar refractivity (Wildman–Crippen MR) is 50.5 cm³/mol. The molecule has 0 spiro atoms. The monoisotopic (exact) mass is 174 g/mol. The van der Waals surface area contributed by atoms with Crippen molar-refractivity contribution in [3.05, 3.63) is 36.0 Å². The zero-order chi connectivity index (χ0) is 9.26. The Kier molecular flexibility index (Phi) is 1.73. The van der Waals surface area contributed by atoms with Gasteiger partial charge in [-0.05, 0) is 24.6 Å². The SMILES string of the molecule is Cc1cccc(-n2ncc(N)n2)c1. The first-order valence-corrected chi connectivity index (χ1v) is 4.00. The zero-order valence-corrected chi connectivity index (χ0v) is 7.31. The summed E-state index contributed by atoms with van der Waals surface area (Å²) in [7, 11) is 0. The number of nitrogens with two attached hydrogens (primary N) is 1. The summed E-state index contributed by atoms with van der Waals surface area (Å²) in [6.45, 7) is 2.02. The average molecular weight is 174 g/mol. The van der Waals surface area contributed by atoms with Gasteiger partial charge in [-0.15, -0.1) is 9.90 Å². The van der Waals surface area contributed by atoms with Gasteiger partial charge in [0.25, 0.3) is 0 Å². The maximum atomic E-state index is 5.46. The van der Waals surface area contributed by atoms with Crippen LogP contribution in [0.15, 0.2) is 30.5 Å². The van der Waals surface area contributed by atoms with Gasteiger partial charge in [0.1, 0.15) is 0 Å². The minimum absolute atomic E-state index is 0.432. The largest absolute Gasteiger partial charge is 0.381 e. The third-order valence-electron chi connectivity index (χ3n) is 1.74. The molecule has 4 heteroatoms. The molecule has 0 atom stereocenters. The predicted octanol–water partition coefficient (Wildman–Crippen LogP) is 1.16. The van der Waals surface area contributed by atoms with Gasteiger partial charge in [0, 0.05) is 0 Å². The van der Waals surface area contributed by atoms with Gasteiger partial charge in [0.2, 0.25) is 0 Å². The summed E-state index contributed by atoms with van der Waals surface area (Å²) in [5, 5.41) is 8.01. The van der Waals surface area contributed by atoms with E-state index in [-0.39, 0.29) is 0 Å². The van der Waals surface area contributed by atoms with Gasteiger partial charge in [0.15, 0.2) is 5.82 Å². The second-order valence-electron chi connectivity index (χ2n) is 2.90. The summed E-state index contributed by atoms with van der Waals surface area (Å²) < 4.78 is 0. The number of benzene rings is 1. The molecule has 4 nitrogen and oxygen atoms in total. The molecule has 0 unspecified atom stereocenters. The Morgan fingerprint density at radius 2 is 2.23 bits per heavy atom. The third kappa shape index (κ3) is 1.51. The number of aryl methyl sites for hydroxylation is 1. The van der Waals surface area contributed by atoms with E-state index in [1.54, 1.807) is 0 Å². The molecule has 1 aromatic carbocycles. The van der Waals surface area contributed by atoms with Crippen LogP contribution < -0.4 is 5.73 Å². The second kappa shape index (κ2) is 2.90. The lowest BCUT2D eigenvalue weighted by Gasteiger charge is -1.99. The number of anilines is 1. The highest BCUT2D eigenvalue weighted by Gasteiger charge is 1.98. The minimum Gasteiger partial charge on any atom is -0.381 e. The van der Waals surface area contributed by atoms with Gasteiger partial charge < -0.3 is 5.73 Å². The van der Waals surface area contributed by atoms with E-state index in [4.69, 9.17) is 5.73 Å². The maximum absolute atomic E-state index is 5.46. The molecule has 66 valence electrons. The highest BCUT2D eigenvalue weighted by Crippen LogP contribution is 2.07. The van der Waals surface area contributed by atoms with Crippen LogP contribution in [0, 0.1) is 6.92 Å². The van der Waals surface area contributed by atoms with E-state index in [0.29, 0.717) is 5.82 Å². The average Bonchev–Trinajstić information content (AvgIpc) is 2.52. The molecule has 2 N–H and O–H groups in total. The van der Waals surface area contributed by atoms with Gasteiger partial charge in [0.05, 0.1) is 11.9 Å². The van der Waals surface area contributed by atoms with Gasteiger partial charge in [-0.2, -0.15) is 5.10 Å². The molecule has 0 aliphatic carbocycles. The van der Waals surface area contributed by atoms with Crippen molar-refractivity contribution >= 4 is 5.82 Å². The Bertz CT molecular complexity index is 419. The quantitative estimate of drug-likeness (QED) is 0.705. The summed E-state index contributed by atoms with van der Waals surface area (Å²) in [5.74, 6) is 0.432. The fourth-order valence-electron chi connectivity index (χ4n) is 1.15. The number of hydrogen-bond donors (Lipinski definition) is 1. The molecule has 2 rings (SSSR count). The summed E-state index contributed by atoms with van der Waals surface area (Å²) in [5.41, 5.74) is 7.56. The van der Waals surface area contributed by atoms with E-state index in [0.717, 1.165) is 5.69 Å². The Labute approximate surface area is 76.0 Å². The number of nitrogen functional groups attached to an aromatic ring is 1. The van der Waals surface area contributed by atoms with Gasteiger partial charge in [-0.1, -0.05) is 12.1 Å². The van der Waals surface area contributed by atoms with E-state index in [1.807, 2.05) is 31.2 Å². The first kappa shape index (κ1) is 7.79. The number of rotatable bonds is 1. The molecule has 13 heavy (non-hydrogen) atoms. The lowest BCUT2D eigenvalue weighted by molar-refractivity contribution is 0.754. The Morgan fingerprint density at radius 1 is 1.38 bits per heavy atom. The molecule has 0 aliphatic rings. The molecular formula is C9H10N4. The van der Waals surface area contributed by atoms with Crippen LogP contribution in [0.1, 0.15) is 5.56 Å². The van der Waals surface area contributed by atoms with E-state index in [9.17, 15) is 0 Å². The van der Waals surface area contributed by atoms with Crippen molar-refractivity contribution in [1.29, 1.82) is 0 Å². The Hall–Kier alpha value is -1.84. The Balaban J connectivity index is 2.46. The van der Waals surface area contributed by atoms with Crippen molar-refractivity contribution in [2.45, 2.75) is 6.92 Å². The van der Waals surface area contributed by atoms with E-state index in [2.05, 4.69) is 10.2 Å². The topological polar surface area (TPSA) is 56.7 Å². The van der Waals surface area contributed by atoms with Crippen LogP contribution >= 0.6 is 0 Å². The molecule has 0 saturated carbocycles. The molecule has 0 fully saturated rings. The fraction of sp³-hybridized carbons (Fsp3) is 0.111. The van der Waals surface area contributed by atoms with Crippen molar-refractivity contribution in [2.24, 2.45) is 0 Å². The first-order chi connectivity index (χ1) is 6.25. The van der Waals surface area contributed by atoms with Gasteiger partial charge in [-0.25, -0.2) is 0 Å². The molecule has 0 radical (unpaired) electrons. The lowest BCUT2D eigenvalue weighted by Crippen LogP contribution is -1.99. The van der Waals surface area contributed by atoms with E-state index in [1.165, 1.54) is 16.6 Å². The Morgan fingerprint density at radius 3 is 2.85 bits per heavy atom. The lowest BCUT2D eigenvalue weighted by atomic mass is 10.2. The summed E-state index contributed by atoms with van der Waals surface area (Å²) in [6, 6.07) is 7.92. The standard InChI is InChI=1S/C9H10N4/c1-7-3-2-4-8(5-7)13-11-6-9(10)12-13/h2-6H,1H3,(H2,10,12). The molecule has 0 amide bonds. The van der Waals surface area contributed by atoms with E-state index >= 15 is 0 Å². The molecule has 2 aromatic rings. The zero-order valence-electron chi connectivity index (χ0n) is 7.31. The number of nitrogens with zero attached hydrogens (tertiary/aromatic N) is 3. The van der Waals surface area contributed by atoms with Crippen molar-refractivity contribution in [3.63, 3.8) is 0 Å². The van der Waals surface area contributed by atoms with Crippen LogP contribution in [0.4, 0.5) is 5.82 Å².